The number of primary sulfonamides is 1. The lowest BCUT2D eigenvalue weighted by atomic mass is 10.1. The second kappa shape index (κ2) is 12.8. The quantitative estimate of drug-likeness (QED) is 0.255. The maximum absolute atomic E-state index is 11.3. The van der Waals surface area contributed by atoms with Crippen molar-refractivity contribution in [3.05, 3.63) is 59.2 Å². The molecular formula is C21H31IN4O3S. The Morgan fingerprint density at radius 1 is 1.07 bits per heavy atom. The standard InChI is InChI=1S/C21H30N4O3S.HI/c1-4-23-21(25-14-12-18-6-5-16(2)20(15-18)28-3)24-13-11-17-7-9-19(10-8-17)29(22,26)27;/h5-10,15H,4,11-14H2,1-3H3,(H2,22,26,27)(H2,23,24,25);1H. The van der Waals surface area contributed by atoms with E-state index in [0.29, 0.717) is 13.0 Å². The summed E-state index contributed by atoms with van der Waals surface area (Å²) in [6.07, 6.45) is 1.56. The predicted molar refractivity (Wildman–Crippen MR) is 132 cm³/mol. The van der Waals surface area contributed by atoms with Crippen molar-refractivity contribution in [2.75, 3.05) is 26.7 Å². The summed E-state index contributed by atoms with van der Waals surface area (Å²) < 4.78 is 28.0. The van der Waals surface area contributed by atoms with Gasteiger partial charge in [-0.3, -0.25) is 4.99 Å². The summed E-state index contributed by atoms with van der Waals surface area (Å²) >= 11 is 0. The fourth-order valence-electron chi connectivity index (χ4n) is 2.83. The van der Waals surface area contributed by atoms with Gasteiger partial charge in [0.15, 0.2) is 5.96 Å². The van der Waals surface area contributed by atoms with Crippen molar-refractivity contribution in [1.29, 1.82) is 0 Å². The van der Waals surface area contributed by atoms with Crippen LogP contribution in [-0.2, 0) is 22.9 Å². The van der Waals surface area contributed by atoms with Crippen LogP contribution in [0.3, 0.4) is 0 Å². The molecule has 2 aromatic rings. The molecule has 30 heavy (non-hydrogen) atoms. The fraction of sp³-hybridized carbons (Fsp3) is 0.381. The smallest absolute Gasteiger partial charge is 0.238 e. The highest BCUT2D eigenvalue weighted by molar-refractivity contribution is 14.0. The number of ether oxygens (including phenoxy) is 1. The first-order valence-electron chi connectivity index (χ1n) is 9.61. The van der Waals surface area contributed by atoms with E-state index in [1.165, 1.54) is 17.7 Å². The molecule has 0 saturated heterocycles. The molecule has 0 aliphatic carbocycles. The molecule has 7 nitrogen and oxygen atoms in total. The Morgan fingerprint density at radius 2 is 1.73 bits per heavy atom. The topological polar surface area (TPSA) is 106 Å². The van der Waals surface area contributed by atoms with E-state index in [2.05, 4.69) is 33.8 Å². The minimum atomic E-state index is -3.66. The third-order valence-corrected chi connectivity index (χ3v) is 5.37. The summed E-state index contributed by atoms with van der Waals surface area (Å²) in [4.78, 5) is 4.70. The molecule has 0 radical (unpaired) electrons. The molecule has 0 unspecified atom stereocenters. The zero-order chi connectivity index (χ0) is 21.3. The highest BCUT2D eigenvalue weighted by Crippen LogP contribution is 2.19. The first kappa shape index (κ1) is 26.2. The van der Waals surface area contributed by atoms with Crippen LogP contribution in [0.25, 0.3) is 0 Å². The molecule has 166 valence electrons. The molecule has 0 aliphatic heterocycles. The second-order valence-corrected chi connectivity index (χ2v) is 8.24. The van der Waals surface area contributed by atoms with Crippen LogP contribution >= 0.6 is 24.0 Å². The molecule has 2 aromatic carbocycles. The molecule has 4 N–H and O–H groups in total. The van der Waals surface area contributed by atoms with Gasteiger partial charge in [-0.25, -0.2) is 13.6 Å². The van der Waals surface area contributed by atoms with E-state index in [1.807, 2.05) is 13.8 Å². The number of halogens is 1. The Kier molecular flexibility index (Phi) is 11.1. The van der Waals surface area contributed by atoms with Crippen molar-refractivity contribution in [2.45, 2.75) is 31.6 Å². The Hall–Kier alpha value is -1.85. The molecule has 0 saturated carbocycles. The molecule has 0 amide bonds. The molecule has 0 spiro atoms. The summed E-state index contributed by atoms with van der Waals surface area (Å²) in [5, 5.41) is 11.7. The number of guanidine groups is 1. The minimum absolute atomic E-state index is 0. The van der Waals surface area contributed by atoms with Crippen LogP contribution in [0.2, 0.25) is 0 Å². The van der Waals surface area contributed by atoms with Crippen molar-refractivity contribution >= 4 is 40.0 Å². The molecule has 0 fully saturated rings. The lowest BCUT2D eigenvalue weighted by Gasteiger charge is -2.12. The maximum atomic E-state index is 11.3. The average molecular weight is 546 g/mol. The molecule has 2 rings (SSSR count). The van der Waals surface area contributed by atoms with Crippen LogP contribution < -0.4 is 20.5 Å². The molecule has 0 aromatic heterocycles. The zero-order valence-electron chi connectivity index (χ0n) is 17.6. The van der Waals surface area contributed by atoms with Gasteiger partial charge in [-0.2, -0.15) is 0 Å². The van der Waals surface area contributed by atoms with E-state index in [1.54, 1.807) is 19.2 Å². The van der Waals surface area contributed by atoms with Crippen LogP contribution in [0, 0.1) is 6.92 Å². The minimum Gasteiger partial charge on any atom is -0.496 e. The van der Waals surface area contributed by atoms with Gasteiger partial charge in [-0.1, -0.05) is 24.3 Å². The summed E-state index contributed by atoms with van der Waals surface area (Å²) in [5.41, 5.74) is 3.32. The fourth-order valence-corrected chi connectivity index (χ4v) is 3.34. The maximum Gasteiger partial charge on any atom is 0.238 e. The second-order valence-electron chi connectivity index (χ2n) is 6.68. The van der Waals surface area contributed by atoms with E-state index < -0.39 is 10.0 Å². The van der Waals surface area contributed by atoms with Gasteiger partial charge in [-0.05, 0) is 61.6 Å². The Morgan fingerprint density at radius 3 is 2.33 bits per heavy atom. The number of aryl methyl sites for hydroxylation is 1. The molecule has 0 bridgehead atoms. The van der Waals surface area contributed by atoms with Crippen molar-refractivity contribution in [3.8, 4) is 5.75 Å². The zero-order valence-corrected chi connectivity index (χ0v) is 20.8. The van der Waals surface area contributed by atoms with Gasteiger partial charge in [0.2, 0.25) is 10.0 Å². The number of hydrogen-bond acceptors (Lipinski definition) is 4. The number of rotatable bonds is 9. The predicted octanol–water partition coefficient (Wildman–Crippen LogP) is 2.61. The van der Waals surface area contributed by atoms with Crippen LogP contribution in [0.15, 0.2) is 52.4 Å². The van der Waals surface area contributed by atoms with Gasteiger partial charge in [-0.15, -0.1) is 24.0 Å². The third kappa shape index (κ3) is 8.49. The Labute approximate surface area is 196 Å². The van der Waals surface area contributed by atoms with E-state index in [0.717, 1.165) is 42.3 Å². The highest BCUT2D eigenvalue weighted by atomic mass is 127. The number of nitrogens with one attached hydrogen (secondary N) is 2. The van der Waals surface area contributed by atoms with Crippen molar-refractivity contribution < 1.29 is 13.2 Å². The summed E-state index contributed by atoms with van der Waals surface area (Å²) in [5.74, 6) is 1.66. The molecular weight excluding hydrogens is 515 g/mol. The van der Waals surface area contributed by atoms with Crippen molar-refractivity contribution in [3.63, 3.8) is 0 Å². The SMILES string of the molecule is CCNC(=NCCc1ccc(S(N)(=O)=O)cc1)NCCc1ccc(C)c(OC)c1.I. The van der Waals surface area contributed by atoms with Crippen LogP contribution in [-0.4, -0.2) is 41.1 Å². The van der Waals surface area contributed by atoms with Crippen molar-refractivity contribution in [1.82, 2.24) is 10.6 Å². The van der Waals surface area contributed by atoms with E-state index in [-0.39, 0.29) is 28.9 Å². The van der Waals surface area contributed by atoms with Crippen LogP contribution in [0.1, 0.15) is 23.6 Å². The number of methoxy groups -OCH3 is 1. The number of hydrogen-bond donors (Lipinski definition) is 3. The van der Waals surface area contributed by atoms with Gasteiger partial charge >= 0.3 is 0 Å². The summed E-state index contributed by atoms with van der Waals surface area (Å²) in [6.45, 7) is 6.16. The summed E-state index contributed by atoms with van der Waals surface area (Å²) in [6, 6.07) is 12.8. The number of nitrogens with two attached hydrogens (primary N) is 1. The highest BCUT2D eigenvalue weighted by Gasteiger charge is 2.06. The molecule has 0 atom stereocenters. The van der Waals surface area contributed by atoms with Crippen LogP contribution in [0.4, 0.5) is 0 Å². The van der Waals surface area contributed by atoms with Gasteiger partial charge in [0.1, 0.15) is 5.75 Å². The number of aliphatic imine (C=N–C) groups is 1. The third-order valence-electron chi connectivity index (χ3n) is 4.45. The van der Waals surface area contributed by atoms with E-state index in [4.69, 9.17) is 9.88 Å². The number of benzene rings is 2. The lowest BCUT2D eigenvalue weighted by molar-refractivity contribution is 0.411. The van der Waals surface area contributed by atoms with Gasteiger partial charge in [0.25, 0.3) is 0 Å². The molecule has 0 aliphatic rings. The Balaban J connectivity index is 0.00000450. The number of nitrogens with zero attached hydrogens (tertiary/aromatic N) is 1. The first-order valence-corrected chi connectivity index (χ1v) is 11.2. The van der Waals surface area contributed by atoms with E-state index in [9.17, 15) is 8.42 Å². The molecule has 0 heterocycles. The molecule has 9 heteroatoms. The lowest BCUT2D eigenvalue weighted by Crippen LogP contribution is -2.38. The first-order chi connectivity index (χ1) is 13.8. The van der Waals surface area contributed by atoms with Gasteiger partial charge in [0, 0.05) is 19.6 Å². The van der Waals surface area contributed by atoms with Gasteiger partial charge < -0.3 is 15.4 Å². The largest absolute Gasteiger partial charge is 0.496 e. The van der Waals surface area contributed by atoms with E-state index >= 15 is 0 Å². The average Bonchev–Trinajstić information content (AvgIpc) is 2.69. The number of sulfonamides is 1. The van der Waals surface area contributed by atoms with Crippen LogP contribution in [0.5, 0.6) is 5.75 Å². The monoisotopic (exact) mass is 546 g/mol. The normalized spacial score (nSPS) is 11.5. The van der Waals surface area contributed by atoms with Gasteiger partial charge in [0.05, 0.1) is 12.0 Å². The van der Waals surface area contributed by atoms with Crippen molar-refractivity contribution in [2.24, 2.45) is 10.1 Å². The Bertz CT molecular complexity index is 932. The summed E-state index contributed by atoms with van der Waals surface area (Å²) in [7, 11) is -1.97.